The Bertz CT molecular complexity index is 913. The molecule has 1 saturated heterocycles. The highest BCUT2D eigenvalue weighted by atomic mass is 32.1. The van der Waals surface area contributed by atoms with Gasteiger partial charge in [0.05, 0.1) is 31.7 Å². The number of hydrogen-bond acceptors (Lipinski definition) is 6. The van der Waals surface area contributed by atoms with E-state index in [9.17, 15) is 0 Å². The molecule has 150 valence electrons. The summed E-state index contributed by atoms with van der Waals surface area (Å²) in [6, 6.07) is 8.74. The van der Waals surface area contributed by atoms with Gasteiger partial charge in [0, 0.05) is 43.3 Å². The zero-order chi connectivity index (χ0) is 19.5. The van der Waals surface area contributed by atoms with E-state index in [1.807, 2.05) is 12.1 Å². The van der Waals surface area contributed by atoms with E-state index >= 15 is 0 Å². The van der Waals surface area contributed by atoms with Gasteiger partial charge in [-0.05, 0) is 31.5 Å². The minimum Gasteiger partial charge on any atom is -0.497 e. The Kier molecular flexibility index (Phi) is 5.96. The number of morpholine rings is 1. The quantitative estimate of drug-likeness (QED) is 0.660. The van der Waals surface area contributed by atoms with Crippen LogP contribution >= 0.6 is 11.3 Å². The van der Waals surface area contributed by atoms with E-state index < -0.39 is 0 Å². The summed E-state index contributed by atoms with van der Waals surface area (Å²) in [7, 11) is 1.71. The van der Waals surface area contributed by atoms with Crippen LogP contribution < -0.4 is 10.1 Å². The van der Waals surface area contributed by atoms with E-state index in [1.165, 1.54) is 16.1 Å². The van der Waals surface area contributed by atoms with Crippen LogP contribution in [0.3, 0.4) is 0 Å². The number of methoxy groups -OCH3 is 1. The van der Waals surface area contributed by atoms with Gasteiger partial charge in [-0.2, -0.15) is 0 Å². The molecule has 3 heterocycles. The van der Waals surface area contributed by atoms with E-state index in [0.717, 1.165) is 55.8 Å². The van der Waals surface area contributed by atoms with E-state index in [2.05, 4.69) is 46.8 Å². The molecule has 1 aromatic carbocycles. The van der Waals surface area contributed by atoms with Crippen LogP contribution in [0.4, 0.5) is 0 Å². The molecule has 1 unspecified atom stereocenters. The average molecular weight is 401 g/mol. The second-order valence-corrected chi connectivity index (χ2v) is 8.42. The maximum atomic E-state index is 5.56. The molecule has 0 bridgehead atoms. The van der Waals surface area contributed by atoms with Crippen molar-refractivity contribution in [3.63, 3.8) is 0 Å². The third kappa shape index (κ3) is 4.07. The van der Waals surface area contributed by atoms with Crippen LogP contribution in [0.15, 0.2) is 30.5 Å². The molecule has 1 aliphatic heterocycles. The Hall–Kier alpha value is -1.93. The SMILES string of the molecule is COc1ccc(C(CNCc2c(C)nc3sc(C)cn23)N2CCOCC2)cc1. The topological polar surface area (TPSA) is 51.0 Å². The second-order valence-electron chi connectivity index (χ2n) is 7.21. The molecule has 1 atom stereocenters. The molecule has 1 N–H and O–H groups in total. The number of rotatable bonds is 7. The van der Waals surface area contributed by atoms with Crippen LogP contribution in [0.1, 0.15) is 27.9 Å². The standard InChI is InChI=1S/C21H28N4O2S/c1-15-14-25-19(16(2)23-21(25)28-15)12-22-13-20(24-8-10-27-11-9-24)17-4-6-18(26-3)7-5-17/h4-7,14,20,22H,8-13H2,1-3H3. The summed E-state index contributed by atoms with van der Waals surface area (Å²) in [5, 5.41) is 3.68. The smallest absolute Gasteiger partial charge is 0.194 e. The maximum absolute atomic E-state index is 5.56. The summed E-state index contributed by atoms with van der Waals surface area (Å²) in [6.45, 7) is 9.41. The van der Waals surface area contributed by atoms with E-state index in [4.69, 9.17) is 14.5 Å². The molecular weight excluding hydrogens is 372 g/mol. The largest absolute Gasteiger partial charge is 0.497 e. The first-order valence-corrected chi connectivity index (χ1v) is 10.6. The second kappa shape index (κ2) is 8.61. The number of aryl methyl sites for hydroxylation is 2. The van der Waals surface area contributed by atoms with Gasteiger partial charge in [0.2, 0.25) is 0 Å². The molecular formula is C21H28N4O2S. The summed E-state index contributed by atoms with van der Waals surface area (Å²) >= 11 is 1.74. The minimum absolute atomic E-state index is 0.308. The Labute approximate surface area is 170 Å². The van der Waals surface area contributed by atoms with Gasteiger partial charge in [0.25, 0.3) is 0 Å². The molecule has 0 saturated carbocycles. The molecule has 3 aromatic rings. The number of ether oxygens (including phenoxy) is 2. The first kappa shape index (κ1) is 19.4. The Morgan fingerprint density at radius 1 is 1.21 bits per heavy atom. The number of thiazole rings is 1. The van der Waals surface area contributed by atoms with Crippen molar-refractivity contribution in [3.05, 3.63) is 52.3 Å². The number of nitrogens with zero attached hydrogens (tertiary/aromatic N) is 3. The number of fused-ring (bicyclic) bond motifs is 1. The molecule has 4 rings (SSSR count). The van der Waals surface area contributed by atoms with Crippen molar-refractivity contribution in [1.29, 1.82) is 0 Å². The van der Waals surface area contributed by atoms with Gasteiger partial charge >= 0.3 is 0 Å². The highest BCUT2D eigenvalue weighted by Gasteiger charge is 2.23. The molecule has 0 spiro atoms. The summed E-state index contributed by atoms with van der Waals surface area (Å²) in [6.07, 6.45) is 2.18. The molecule has 2 aromatic heterocycles. The van der Waals surface area contributed by atoms with Gasteiger partial charge in [0.15, 0.2) is 4.96 Å². The molecule has 6 nitrogen and oxygen atoms in total. The Morgan fingerprint density at radius 3 is 2.68 bits per heavy atom. The summed E-state index contributed by atoms with van der Waals surface area (Å²) < 4.78 is 13.1. The summed E-state index contributed by atoms with van der Waals surface area (Å²) in [5.74, 6) is 0.891. The van der Waals surface area contributed by atoms with Crippen molar-refractivity contribution in [2.75, 3.05) is 40.0 Å². The van der Waals surface area contributed by atoms with E-state index in [1.54, 1.807) is 18.4 Å². The van der Waals surface area contributed by atoms with Crippen molar-refractivity contribution in [1.82, 2.24) is 19.6 Å². The van der Waals surface area contributed by atoms with Crippen LogP contribution in [0.2, 0.25) is 0 Å². The van der Waals surface area contributed by atoms with Gasteiger partial charge in [-0.15, -0.1) is 11.3 Å². The van der Waals surface area contributed by atoms with Crippen LogP contribution in [-0.4, -0.2) is 54.2 Å². The molecule has 1 aliphatic rings. The van der Waals surface area contributed by atoms with Gasteiger partial charge in [0.1, 0.15) is 5.75 Å². The fourth-order valence-electron chi connectivity index (χ4n) is 3.82. The molecule has 0 radical (unpaired) electrons. The lowest BCUT2D eigenvalue weighted by Gasteiger charge is -2.35. The lowest BCUT2D eigenvalue weighted by atomic mass is 10.0. The lowest BCUT2D eigenvalue weighted by Crippen LogP contribution is -2.42. The summed E-state index contributed by atoms with van der Waals surface area (Å²) in [5.41, 5.74) is 3.65. The van der Waals surface area contributed by atoms with Crippen molar-refractivity contribution in [2.45, 2.75) is 26.4 Å². The number of aromatic nitrogens is 2. The van der Waals surface area contributed by atoms with Gasteiger partial charge in [-0.1, -0.05) is 12.1 Å². The maximum Gasteiger partial charge on any atom is 0.194 e. The van der Waals surface area contributed by atoms with Crippen molar-refractivity contribution < 1.29 is 9.47 Å². The normalized spacial score (nSPS) is 16.5. The van der Waals surface area contributed by atoms with Crippen molar-refractivity contribution in [2.24, 2.45) is 0 Å². The van der Waals surface area contributed by atoms with Gasteiger partial charge in [-0.3, -0.25) is 9.30 Å². The fraction of sp³-hybridized carbons (Fsp3) is 0.476. The fourth-order valence-corrected chi connectivity index (χ4v) is 4.71. The molecule has 0 aliphatic carbocycles. The Morgan fingerprint density at radius 2 is 1.96 bits per heavy atom. The molecule has 7 heteroatoms. The third-order valence-electron chi connectivity index (χ3n) is 5.36. The number of imidazole rings is 1. The first-order chi connectivity index (χ1) is 13.7. The van der Waals surface area contributed by atoms with Crippen LogP contribution in [-0.2, 0) is 11.3 Å². The average Bonchev–Trinajstić information content (AvgIpc) is 3.21. The molecule has 1 fully saturated rings. The van der Waals surface area contributed by atoms with Crippen LogP contribution in [0, 0.1) is 13.8 Å². The van der Waals surface area contributed by atoms with Crippen LogP contribution in [0.25, 0.3) is 4.96 Å². The lowest BCUT2D eigenvalue weighted by molar-refractivity contribution is 0.0160. The molecule has 0 amide bonds. The number of hydrogen-bond donors (Lipinski definition) is 1. The Balaban J connectivity index is 1.49. The summed E-state index contributed by atoms with van der Waals surface area (Å²) in [4.78, 5) is 9.57. The van der Waals surface area contributed by atoms with Gasteiger partial charge in [-0.25, -0.2) is 4.98 Å². The number of benzene rings is 1. The van der Waals surface area contributed by atoms with Crippen molar-refractivity contribution in [3.8, 4) is 5.75 Å². The van der Waals surface area contributed by atoms with E-state index in [-0.39, 0.29) is 0 Å². The first-order valence-electron chi connectivity index (χ1n) is 9.76. The highest BCUT2D eigenvalue weighted by Crippen LogP contribution is 2.24. The van der Waals surface area contributed by atoms with Gasteiger partial charge < -0.3 is 14.8 Å². The predicted molar refractivity (Wildman–Crippen MR) is 112 cm³/mol. The zero-order valence-corrected chi connectivity index (χ0v) is 17.6. The van der Waals surface area contributed by atoms with Crippen LogP contribution in [0.5, 0.6) is 5.75 Å². The third-order valence-corrected chi connectivity index (χ3v) is 6.26. The van der Waals surface area contributed by atoms with E-state index in [0.29, 0.717) is 6.04 Å². The zero-order valence-electron chi connectivity index (χ0n) is 16.8. The monoisotopic (exact) mass is 400 g/mol. The number of nitrogens with one attached hydrogen (secondary N) is 1. The van der Waals surface area contributed by atoms with Crippen molar-refractivity contribution >= 4 is 16.3 Å². The predicted octanol–water partition coefficient (Wildman–Crippen LogP) is 3.18. The minimum atomic E-state index is 0.308. The molecule has 28 heavy (non-hydrogen) atoms. The highest BCUT2D eigenvalue weighted by molar-refractivity contribution is 7.17.